The maximum Gasteiger partial charge on any atom is 0.293 e. The normalized spacial score (nSPS) is 13.9. The van der Waals surface area contributed by atoms with Gasteiger partial charge in [-0.3, -0.25) is 10.1 Å². The lowest BCUT2D eigenvalue weighted by atomic mass is 10.1. The molecule has 27 heavy (non-hydrogen) atoms. The van der Waals surface area contributed by atoms with Gasteiger partial charge in [-0.25, -0.2) is 0 Å². The van der Waals surface area contributed by atoms with Gasteiger partial charge in [0.2, 0.25) is 0 Å². The van der Waals surface area contributed by atoms with Crippen LogP contribution in [0.2, 0.25) is 5.02 Å². The number of halogens is 1. The summed E-state index contributed by atoms with van der Waals surface area (Å²) in [5.41, 5.74) is 2.09. The number of hydrogen-bond donors (Lipinski definition) is 0. The van der Waals surface area contributed by atoms with E-state index in [0.29, 0.717) is 22.0 Å². The van der Waals surface area contributed by atoms with Crippen molar-refractivity contribution in [3.63, 3.8) is 0 Å². The fourth-order valence-corrected chi connectivity index (χ4v) is 3.25. The SMILES string of the molecule is COc1ccc(Cl)cc1CO/N=C/c1ccc(N2CCCC2)c([N+](=O)[O-])c1. The average Bonchev–Trinajstić information content (AvgIpc) is 3.20. The zero-order valence-electron chi connectivity index (χ0n) is 14.9. The first-order valence-corrected chi connectivity index (χ1v) is 8.97. The molecule has 0 amide bonds. The van der Waals surface area contributed by atoms with Gasteiger partial charge in [-0.15, -0.1) is 0 Å². The van der Waals surface area contributed by atoms with Gasteiger partial charge in [0.15, 0.2) is 0 Å². The van der Waals surface area contributed by atoms with Crippen LogP contribution in [0.3, 0.4) is 0 Å². The molecule has 0 atom stereocenters. The highest BCUT2D eigenvalue weighted by Gasteiger charge is 2.22. The number of rotatable bonds is 7. The molecule has 1 heterocycles. The van der Waals surface area contributed by atoms with E-state index in [2.05, 4.69) is 5.16 Å². The Morgan fingerprint density at radius 1 is 1.26 bits per heavy atom. The molecule has 0 aliphatic carbocycles. The third kappa shape index (κ3) is 4.68. The molecule has 0 bridgehead atoms. The Morgan fingerprint density at radius 3 is 2.74 bits per heavy atom. The molecule has 3 rings (SSSR count). The predicted molar refractivity (Wildman–Crippen MR) is 105 cm³/mol. The van der Waals surface area contributed by atoms with Gasteiger partial charge in [-0.05, 0) is 37.1 Å². The monoisotopic (exact) mass is 389 g/mol. The molecule has 8 heteroatoms. The number of hydrogen-bond acceptors (Lipinski definition) is 6. The maximum absolute atomic E-state index is 11.4. The van der Waals surface area contributed by atoms with Gasteiger partial charge in [-0.2, -0.15) is 0 Å². The van der Waals surface area contributed by atoms with Gasteiger partial charge in [0.25, 0.3) is 5.69 Å². The summed E-state index contributed by atoms with van der Waals surface area (Å²) in [6.07, 6.45) is 3.57. The summed E-state index contributed by atoms with van der Waals surface area (Å²) in [5, 5.41) is 15.9. The molecule has 7 nitrogen and oxygen atoms in total. The highest BCUT2D eigenvalue weighted by Crippen LogP contribution is 2.31. The number of nitro benzene ring substituents is 1. The highest BCUT2D eigenvalue weighted by atomic mass is 35.5. The molecule has 0 radical (unpaired) electrons. The van der Waals surface area contributed by atoms with Crippen molar-refractivity contribution in [2.45, 2.75) is 19.4 Å². The first kappa shape index (κ1) is 19.0. The Bertz CT molecular complexity index is 851. The van der Waals surface area contributed by atoms with E-state index in [1.807, 2.05) is 4.90 Å². The summed E-state index contributed by atoms with van der Waals surface area (Å²) in [6, 6.07) is 10.3. The molecule has 0 unspecified atom stereocenters. The van der Waals surface area contributed by atoms with Crippen LogP contribution in [0.25, 0.3) is 0 Å². The first-order valence-electron chi connectivity index (χ1n) is 8.59. The zero-order chi connectivity index (χ0) is 19.2. The summed E-state index contributed by atoms with van der Waals surface area (Å²) in [7, 11) is 1.57. The van der Waals surface area contributed by atoms with E-state index in [9.17, 15) is 10.1 Å². The molecular formula is C19H20ClN3O4. The van der Waals surface area contributed by atoms with Gasteiger partial charge >= 0.3 is 0 Å². The van der Waals surface area contributed by atoms with Gasteiger partial charge in [-0.1, -0.05) is 22.8 Å². The third-order valence-electron chi connectivity index (χ3n) is 4.38. The van der Waals surface area contributed by atoms with E-state index in [4.69, 9.17) is 21.2 Å². The molecule has 0 saturated carbocycles. The van der Waals surface area contributed by atoms with Crippen LogP contribution in [0, 0.1) is 10.1 Å². The smallest absolute Gasteiger partial charge is 0.293 e. The van der Waals surface area contributed by atoms with Gasteiger partial charge in [0.05, 0.1) is 18.2 Å². The number of anilines is 1. The summed E-state index contributed by atoms with van der Waals surface area (Å²) >= 11 is 5.98. The number of ether oxygens (including phenoxy) is 1. The summed E-state index contributed by atoms with van der Waals surface area (Å²) in [6.45, 7) is 1.87. The van der Waals surface area contributed by atoms with Crippen molar-refractivity contribution in [1.29, 1.82) is 0 Å². The first-order chi connectivity index (χ1) is 13.1. The predicted octanol–water partition coefficient (Wildman–Crippen LogP) is 4.41. The van der Waals surface area contributed by atoms with Crippen LogP contribution in [0.15, 0.2) is 41.6 Å². The molecular weight excluding hydrogens is 370 g/mol. The molecule has 1 saturated heterocycles. The largest absolute Gasteiger partial charge is 0.496 e. The average molecular weight is 390 g/mol. The molecule has 0 spiro atoms. The molecule has 142 valence electrons. The fraction of sp³-hybridized carbons (Fsp3) is 0.316. The van der Waals surface area contributed by atoms with Crippen LogP contribution in [0.4, 0.5) is 11.4 Å². The minimum atomic E-state index is -0.358. The Balaban J connectivity index is 1.69. The van der Waals surface area contributed by atoms with Crippen molar-refractivity contribution < 1.29 is 14.5 Å². The molecule has 0 aromatic heterocycles. The minimum absolute atomic E-state index is 0.0809. The van der Waals surface area contributed by atoms with Gasteiger partial charge in [0.1, 0.15) is 18.0 Å². The summed E-state index contributed by atoms with van der Waals surface area (Å²) in [5.74, 6) is 0.653. The molecule has 2 aromatic rings. The quantitative estimate of drug-likeness (QED) is 0.398. The highest BCUT2D eigenvalue weighted by molar-refractivity contribution is 6.30. The number of oxime groups is 1. The van der Waals surface area contributed by atoms with Crippen LogP contribution in [-0.4, -0.2) is 31.3 Å². The molecule has 1 aliphatic heterocycles. The molecule has 1 aliphatic rings. The van der Waals surface area contributed by atoms with E-state index in [-0.39, 0.29) is 17.2 Å². The van der Waals surface area contributed by atoms with Crippen LogP contribution >= 0.6 is 11.6 Å². The lowest BCUT2D eigenvalue weighted by Gasteiger charge is -2.17. The Hall–Kier alpha value is -2.80. The van der Waals surface area contributed by atoms with Crippen LogP contribution in [-0.2, 0) is 11.4 Å². The molecule has 2 aromatic carbocycles. The van der Waals surface area contributed by atoms with E-state index >= 15 is 0 Å². The number of nitrogens with zero attached hydrogens (tertiary/aromatic N) is 3. The van der Waals surface area contributed by atoms with Crippen molar-refractivity contribution in [3.8, 4) is 5.75 Å². The number of nitro groups is 1. The zero-order valence-corrected chi connectivity index (χ0v) is 15.7. The topological polar surface area (TPSA) is 77.2 Å². The second kappa shape index (κ2) is 8.73. The van der Waals surface area contributed by atoms with Crippen LogP contribution in [0.5, 0.6) is 5.75 Å². The Kier molecular flexibility index (Phi) is 6.13. The maximum atomic E-state index is 11.4. The van der Waals surface area contributed by atoms with E-state index in [0.717, 1.165) is 31.5 Å². The Morgan fingerprint density at radius 2 is 2.04 bits per heavy atom. The molecule has 0 N–H and O–H groups in total. The number of benzene rings is 2. The third-order valence-corrected chi connectivity index (χ3v) is 4.62. The lowest BCUT2D eigenvalue weighted by molar-refractivity contribution is -0.384. The standard InChI is InChI=1S/C19H20ClN3O4/c1-26-19-7-5-16(20)11-15(19)13-27-21-12-14-4-6-17(18(10-14)23(24)25)22-8-2-3-9-22/h4-7,10-12H,2-3,8-9,13H2,1H3/b21-12+. The van der Waals surface area contributed by atoms with Gasteiger partial charge < -0.3 is 14.5 Å². The van der Waals surface area contributed by atoms with Crippen molar-refractivity contribution in [3.05, 3.63) is 62.7 Å². The van der Waals surface area contributed by atoms with Crippen molar-refractivity contribution in [2.75, 3.05) is 25.1 Å². The fourth-order valence-electron chi connectivity index (χ4n) is 3.06. The summed E-state index contributed by atoms with van der Waals surface area (Å²) < 4.78 is 5.25. The minimum Gasteiger partial charge on any atom is -0.496 e. The van der Waals surface area contributed by atoms with E-state index in [1.54, 1.807) is 37.4 Å². The second-order valence-corrected chi connectivity index (χ2v) is 6.60. The Labute approximate surface area is 162 Å². The van der Waals surface area contributed by atoms with Gasteiger partial charge in [0, 0.05) is 35.3 Å². The van der Waals surface area contributed by atoms with Crippen molar-refractivity contribution >= 4 is 29.2 Å². The van der Waals surface area contributed by atoms with Crippen molar-refractivity contribution in [2.24, 2.45) is 5.16 Å². The molecule has 1 fully saturated rings. The van der Waals surface area contributed by atoms with Crippen LogP contribution in [0.1, 0.15) is 24.0 Å². The van der Waals surface area contributed by atoms with E-state index < -0.39 is 0 Å². The van der Waals surface area contributed by atoms with Crippen molar-refractivity contribution in [1.82, 2.24) is 0 Å². The lowest BCUT2D eigenvalue weighted by Crippen LogP contribution is -2.18. The summed E-state index contributed by atoms with van der Waals surface area (Å²) in [4.78, 5) is 18.4. The van der Waals surface area contributed by atoms with Crippen LogP contribution < -0.4 is 9.64 Å². The second-order valence-electron chi connectivity index (χ2n) is 6.16. The van der Waals surface area contributed by atoms with E-state index in [1.165, 1.54) is 12.3 Å². The number of methoxy groups -OCH3 is 1.